The molecule has 2 aromatic heterocycles. The van der Waals surface area contributed by atoms with E-state index >= 15 is 0 Å². The first-order valence-corrected chi connectivity index (χ1v) is 19.3. The lowest BCUT2D eigenvalue weighted by Crippen LogP contribution is -2.25. The summed E-state index contributed by atoms with van der Waals surface area (Å²) in [6.07, 6.45) is 14.3. The normalized spacial score (nSPS) is 11.5. The summed E-state index contributed by atoms with van der Waals surface area (Å²) in [4.78, 5) is 24.7. The van der Waals surface area contributed by atoms with Gasteiger partial charge in [0.05, 0.1) is 90.5 Å². The Bertz CT molecular complexity index is 2120. The molecule has 14 nitrogen and oxygen atoms in total. The Balaban J connectivity index is 1.47. The SMILES string of the molecule is C#CCOCC(C)(C)COCc1cn(Cc2cc(-c3ccc(C(=O)OC)cc3)c(Cn3cc(COCC(C)(C)COCC#C)nn3)cc2-c2ccc(C(=O)OC)cc2)nn1. The summed E-state index contributed by atoms with van der Waals surface area (Å²) in [5.41, 5.74) is 7.08. The van der Waals surface area contributed by atoms with Crippen molar-refractivity contribution in [1.29, 1.82) is 0 Å². The Morgan fingerprint density at radius 2 is 0.967 bits per heavy atom. The average Bonchev–Trinajstić information content (AvgIpc) is 3.89. The van der Waals surface area contributed by atoms with Crippen LogP contribution in [0, 0.1) is 35.5 Å². The Morgan fingerprint density at radius 1 is 0.600 bits per heavy atom. The van der Waals surface area contributed by atoms with Gasteiger partial charge in [0, 0.05) is 10.8 Å². The first-order valence-electron chi connectivity index (χ1n) is 19.3. The van der Waals surface area contributed by atoms with Crippen LogP contribution in [0.3, 0.4) is 0 Å². The first-order chi connectivity index (χ1) is 28.8. The highest BCUT2D eigenvalue weighted by Crippen LogP contribution is 2.34. The van der Waals surface area contributed by atoms with Gasteiger partial charge in [-0.3, -0.25) is 0 Å². The van der Waals surface area contributed by atoms with E-state index in [1.165, 1.54) is 14.2 Å². The van der Waals surface area contributed by atoms with Crippen LogP contribution in [0.5, 0.6) is 0 Å². The molecule has 0 N–H and O–H groups in total. The minimum absolute atomic E-state index is 0.241. The fourth-order valence-corrected chi connectivity index (χ4v) is 6.33. The minimum atomic E-state index is -0.430. The van der Waals surface area contributed by atoms with Gasteiger partial charge in [0.2, 0.25) is 0 Å². The Labute approximate surface area is 351 Å². The zero-order valence-electron chi connectivity index (χ0n) is 35.1. The van der Waals surface area contributed by atoms with Crippen LogP contribution in [0.1, 0.15) is 70.9 Å². The molecule has 2 heterocycles. The van der Waals surface area contributed by atoms with Gasteiger partial charge in [-0.05, 0) is 69.8 Å². The lowest BCUT2D eigenvalue weighted by atomic mass is 9.90. The number of carbonyl (C=O) groups excluding carboxylic acids is 2. The summed E-state index contributed by atoms with van der Waals surface area (Å²) in [7, 11) is 2.70. The molecule has 0 radical (unpaired) electrons. The largest absolute Gasteiger partial charge is 0.465 e. The highest BCUT2D eigenvalue weighted by atomic mass is 16.5. The summed E-state index contributed by atoms with van der Waals surface area (Å²) in [6.45, 7) is 11.7. The summed E-state index contributed by atoms with van der Waals surface area (Å²) in [5, 5.41) is 17.7. The molecule has 3 aromatic carbocycles. The van der Waals surface area contributed by atoms with Gasteiger partial charge in [-0.1, -0.05) is 74.2 Å². The highest BCUT2D eigenvalue weighted by Gasteiger charge is 2.21. The Hall–Kier alpha value is -6.16. The van der Waals surface area contributed by atoms with Crippen LogP contribution in [-0.2, 0) is 54.7 Å². The fourth-order valence-electron chi connectivity index (χ4n) is 6.33. The number of ether oxygens (including phenoxy) is 6. The predicted octanol–water partition coefficient (Wildman–Crippen LogP) is 6.26. The Morgan fingerprint density at radius 3 is 1.32 bits per heavy atom. The van der Waals surface area contributed by atoms with Crippen LogP contribution in [0.15, 0.2) is 73.1 Å². The van der Waals surface area contributed by atoms with E-state index in [1.807, 2.05) is 64.4 Å². The molecular weight excluding hydrogens is 765 g/mol. The van der Waals surface area contributed by atoms with Gasteiger partial charge >= 0.3 is 11.9 Å². The second kappa shape index (κ2) is 21.2. The van der Waals surface area contributed by atoms with Crippen molar-refractivity contribution in [3.05, 3.63) is 107 Å². The molecule has 0 atom stereocenters. The molecule has 0 fully saturated rings. The van der Waals surface area contributed by atoms with Crippen LogP contribution in [-0.4, -0.2) is 95.8 Å². The standard InChI is InChI=1S/C46H52N6O8/c1-9-19-57-29-45(3,4)31-59-27-39-25-51(49-47-39)23-37-21-42(34-13-17-36(18-14-34)44(54)56-8)38(22-41(37)33-11-15-35(16-12-33)43(53)55-7)24-52-26-40(48-50-52)28-60-32-46(5,6)30-58-20-10-2/h1-2,11-18,21-22,25-26H,19-20,23-24,27-32H2,3-8H3. The van der Waals surface area contributed by atoms with E-state index in [9.17, 15) is 9.59 Å². The molecule has 0 spiro atoms. The van der Waals surface area contributed by atoms with Crippen molar-refractivity contribution in [2.45, 2.75) is 54.0 Å². The summed E-state index contributed by atoms with van der Waals surface area (Å²) >= 11 is 0. The van der Waals surface area contributed by atoms with Gasteiger partial charge in [-0.15, -0.1) is 23.0 Å². The third-order valence-corrected chi connectivity index (χ3v) is 9.24. The van der Waals surface area contributed by atoms with Gasteiger partial charge in [-0.2, -0.15) is 0 Å². The van der Waals surface area contributed by atoms with E-state index < -0.39 is 11.9 Å². The van der Waals surface area contributed by atoms with Crippen molar-refractivity contribution < 1.29 is 38.0 Å². The quantitative estimate of drug-likeness (QED) is 0.0441. The molecule has 0 unspecified atom stereocenters. The minimum Gasteiger partial charge on any atom is -0.465 e. The number of methoxy groups -OCH3 is 2. The van der Waals surface area contributed by atoms with Crippen LogP contribution in [0.4, 0.5) is 0 Å². The molecule has 5 rings (SSSR count). The van der Waals surface area contributed by atoms with Gasteiger partial charge in [0.25, 0.3) is 0 Å². The molecule has 0 bridgehead atoms. The second-order valence-electron chi connectivity index (χ2n) is 15.8. The second-order valence-corrected chi connectivity index (χ2v) is 15.8. The summed E-state index contributed by atoms with van der Waals surface area (Å²) in [6, 6.07) is 18.7. The van der Waals surface area contributed by atoms with E-state index in [0.717, 1.165) is 33.4 Å². The van der Waals surface area contributed by atoms with Crippen molar-refractivity contribution >= 4 is 11.9 Å². The van der Waals surface area contributed by atoms with Crippen molar-refractivity contribution in [3.63, 3.8) is 0 Å². The number of hydrogen-bond donors (Lipinski definition) is 0. The number of benzene rings is 3. The molecule has 0 saturated heterocycles. The van der Waals surface area contributed by atoms with E-state index in [0.29, 0.717) is 62.0 Å². The topological polar surface area (TPSA) is 151 Å². The molecule has 314 valence electrons. The van der Waals surface area contributed by atoms with Gasteiger partial charge in [0.15, 0.2) is 0 Å². The number of rotatable bonds is 22. The van der Waals surface area contributed by atoms with Crippen molar-refractivity contribution in [2.75, 3.05) is 53.9 Å². The number of terminal acetylenes is 2. The lowest BCUT2D eigenvalue weighted by molar-refractivity contribution is -0.00198. The number of aromatic nitrogens is 6. The third-order valence-electron chi connectivity index (χ3n) is 9.24. The number of carbonyl (C=O) groups is 2. The molecule has 0 aliphatic carbocycles. The van der Waals surface area contributed by atoms with Crippen LogP contribution in [0.2, 0.25) is 0 Å². The number of nitrogens with zero attached hydrogens (tertiary/aromatic N) is 6. The first kappa shape index (κ1) is 44.9. The smallest absolute Gasteiger partial charge is 0.337 e. The predicted molar refractivity (Wildman–Crippen MR) is 224 cm³/mol. The van der Waals surface area contributed by atoms with Crippen molar-refractivity contribution in [2.24, 2.45) is 10.8 Å². The zero-order chi connectivity index (χ0) is 43.1. The van der Waals surface area contributed by atoms with Gasteiger partial charge in [0.1, 0.15) is 24.6 Å². The van der Waals surface area contributed by atoms with E-state index in [-0.39, 0.29) is 37.3 Å². The molecule has 0 aliphatic rings. The highest BCUT2D eigenvalue weighted by molar-refractivity contribution is 5.91. The maximum atomic E-state index is 12.3. The summed E-state index contributed by atoms with van der Waals surface area (Å²) in [5.74, 6) is 4.11. The maximum absolute atomic E-state index is 12.3. The average molecular weight is 817 g/mol. The van der Waals surface area contributed by atoms with Crippen molar-refractivity contribution in [3.8, 4) is 46.9 Å². The maximum Gasteiger partial charge on any atom is 0.337 e. The monoisotopic (exact) mass is 816 g/mol. The summed E-state index contributed by atoms with van der Waals surface area (Å²) < 4.78 is 36.5. The number of hydrogen-bond acceptors (Lipinski definition) is 12. The van der Waals surface area contributed by atoms with Crippen LogP contribution < -0.4 is 0 Å². The third kappa shape index (κ3) is 12.9. The molecule has 14 heteroatoms. The molecule has 5 aromatic rings. The molecule has 0 amide bonds. The fraction of sp³-hybridized carbons (Fsp3) is 0.391. The van der Waals surface area contributed by atoms with Crippen molar-refractivity contribution in [1.82, 2.24) is 30.0 Å². The van der Waals surface area contributed by atoms with Crippen LogP contribution >= 0.6 is 0 Å². The number of esters is 2. The molecular formula is C46H52N6O8. The Kier molecular flexibility index (Phi) is 15.9. The van der Waals surface area contributed by atoms with Gasteiger partial charge < -0.3 is 28.4 Å². The molecule has 0 aliphatic heterocycles. The zero-order valence-corrected chi connectivity index (χ0v) is 35.1. The van der Waals surface area contributed by atoms with Gasteiger partial charge in [-0.25, -0.2) is 19.0 Å². The molecule has 60 heavy (non-hydrogen) atoms. The molecule has 0 saturated carbocycles. The van der Waals surface area contributed by atoms with E-state index in [4.69, 9.17) is 41.3 Å². The lowest BCUT2D eigenvalue weighted by Gasteiger charge is -2.23. The van der Waals surface area contributed by atoms with E-state index in [2.05, 4.69) is 44.6 Å². The van der Waals surface area contributed by atoms with E-state index in [1.54, 1.807) is 33.6 Å². The van der Waals surface area contributed by atoms with Crippen LogP contribution in [0.25, 0.3) is 22.3 Å².